The van der Waals surface area contributed by atoms with Gasteiger partial charge in [-0.1, -0.05) is 51.7 Å². The summed E-state index contributed by atoms with van der Waals surface area (Å²) in [6, 6.07) is 0. The summed E-state index contributed by atoms with van der Waals surface area (Å²) in [5.74, 6) is 0. The molecule has 2 radical (unpaired) electrons. The van der Waals surface area contributed by atoms with Gasteiger partial charge in [0.05, 0.1) is 0 Å². The topological polar surface area (TPSA) is 3.24 Å². The van der Waals surface area contributed by atoms with E-state index >= 15 is 0 Å². The Hall–Kier alpha value is 1.16. The Kier molecular flexibility index (Phi) is 16.3. The van der Waals surface area contributed by atoms with Gasteiger partial charge in [0.15, 0.2) is 0 Å². The zero-order chi connectivity index (χ0) is 10.8. The van der Waals surface area contributed by atoms with Gasteiger partial charge in [0.25, 0.3) is 0 Å². The van der Waals surface area contributed by atoms with Crippen molar-refractivity contribution in [2.45, 2.75) is 52.4 Å². The quantitative estimate of drug-likeness (QED) is 0.266. The number of thiocarbonyl (C=S) groups is 1. The van der Waals surface area contributed by atoms with Gasteiger partial charge in [-0.25, -0.2) is 0 Å². The van der Waals surface area contributed by atoms with Crippen LogP contribution in [-0.4, -0.2) is 49.6 Å². The monoisotopic (exact) mass is 443 g/mol. The molecule has 0 heterocycles. The molecule has 0 fully saturated rings. The van der Waals surface area contributed by atoms with Gasteiger partial charge in [-0.15, -0.1) is 12.6 Å². The average molecular weight is 443 g/mol. The van der Waals surface area contributed by atoms with Gasteiger partial charge in [-0.05, 0) is 12.8 Å². The molecule has 0 spiro atoms. The number of thiol groups is 1. The minimum atomic E-state index is 0. The first kappa shape index (κ1) is 18.5. The first-order chi connectivity index (χ1) is 6.72. The Bertz CT molecular complexity index is 144. The SMILES string of the molecule is CCCCCN(CCCCC)C(=S)S.[PbH2]. The Morgan fingerprint density at radius 1 is 1.00 bits per heavy atom. The fourth-order valence-electron chi connectivity index (χ4n) is 1.41. The molecule has 1 nitrogen and oxygen atoms in total. The molecule has 0 aromatic heterocycles. The van der Waals surface area contributed by atoms with Gasteiger partial charge >= 0.3 is 27.3 Å². The zero-order valence-corrected chi connectivity index (χ0v) is 17.4. The van der Waals surface area contributed by atoms with E-state index in [1.54, 1.807) is 0 Å². The standard InChI is InChI=1S/C11H23NS2.Pb.2H/c1-3-5-7-9-12(11(13)14)10-8-6-4-2;;;/h3-10H2,1-2H3,(H,13,14);;;. The number of rotatable bonds is 8. The molecule has 0 aromatic carbocycles. The number of hydrogen-bond acceptors (Lipinski definition) is 1. The summed E-state index contributed by atoms with van der Waals surface area (Å²) in [7, 11) is 0. The Labute approximate surface area is 126 Å². The van der Waals surface area contributed by atoms with Gasteiger partial charge in [0, 0.05) is 13.1 Å². The fourth-order valence-corrected chi connectivity index (χ4v) is 1.79. The minimum absolute atomic E-state index is 0. The molecular weight excluding hydrogens is 417 g/mol. The van der Waals surface area contributed by atoms with Crippen molar-refractivity contribution in [3.05, 3.63) is 0 Å². The maximum absolute atomic E-state index is 5.11. The number of unbranched alkanes of at least 4 members (excludes halogenated alkanes) is 4. The molecule has 4 heteroatoms. The molecule has 0 atom stereocenters. The zero-order valence-electron chi connectivity index (χ0n) is 10.2. The summed E-state index contributed by atoms with van der Waals surface area (Å²) in [5, 5.41) is 0. The van der Waals surface area contributed by atoms with Crippen LogP contribution >= 0.6 is 24.8 Å². The molecule has 0 amide bonds. The van der Waals surface area contributed by atoms with Gasteiger partial charge in [-0.2, -0.15) is 0 Å². The van der Waals surface area contributed by atoms with Crippen LogP contribution in [0.15, 0.2) is 0 Å². The van der Waals surface area contributed by atoms with E-state index in [0.717, 1.165) is 17.4 Å². The second-order valence-corrected chi connectivity index (χ2v) is 4.80. The van der Waals surface area contributed by atoms with Crippen LogP contribution in [0.4, 0.5) is 0 Å². The third-order valence-corrected chi connectivity index (χ3v) is 2.87. The molecule has 0 bridgehead atoms. The molecule has 0 aliphatic carbocycles. The summed E-state index contributed by atoms with van der Waals surface area (Å²) >= 11 is 9.36. The normalized spacial score (nSPS) is 9.53. The van der Waals surface area contributed by atoms with Crippen molar-refractivity contribution in [3.8, 4) is 0 Å². The summed E-state index contributed by atoms with van der Waals surface area (Å²) in [6.07, 6.45) is 7.60. The van der Waals surface area contributed by atoms with E-state index in [4.69, 9.17) is 12.2 Å². The van der Waals surface area contributed by atoms with Crippen molar-refractivity contribution in [1.29, 1.82) is 0 Å². The molecule has 0 aromatic rings. The summed E-state index contributed by atoms with van der Waals surface area (Å²) in [4.78, 5) is 2.23. The van der Waals surface area contributed by atoms with E-state index in [9.17, 15) is 0 Å². The van der Waals surface area contributed by atoms with Gasteiger partial charge in [0.2, 0.25) is 0 Å². The van der Waals surface area contributed by atoms with Crippen molar-refractivity contribution in [1.82, 2.24) is 4.90 Å². The second kappa shape index (κ2) is 13.2. The molecule has 0 saturated carbocycles. The van der Waals surface area contributed by atoms with E-state index in [2.05, 4.69) is 31.4 Å². The molecule has 15 heavy (non-hydrogen) atoms. The van der Waals surface area contributed by atoms with Crippen LogP contribution in [0.2, 0.25) is 0 Å². The Balaban J connectivity index is 0. The van der Waals surface area contributed by atoms with Crippen LogP contribution in [0.25, 0.3) is 0 Å². The van der Waals surface area contributed by atoms with Crippen LogP contribution in [-0.2, 0) is 0 Å². The summed E-state index contributed by atoms with van der Waals surface area (Å²) < 4.78 is 0.761. The molecule has 90 valence electrons. The molecule has 0 N–H and O–H groups in total. The van der Waals surface area contributed by atoms with Gasteiger partial charge in [0.1, 0.15) is 4.32 Å². The van der Waals surface area contributed by atoms with Crippen molar-refractivity contribution in [3.63, 3.8) is 0 Å². The third kappa shape index (κ3) is 11.4. The van der Waals surface area contributed by atoms with E-state index < -0.39 is 0 Å². The van der Waals surface area contributed by atoms with Crippen LogP contribution < -0.4 is 0 Å². The van der Waals surface area contributed by atoms with Crippen molar-refractivity contribution < 1.29 is 0 Å². The molecular formula is C11H25NPbS2. The summed E-state index contributed by atoms with van der Waals surface area (Å²) in [6.45, 7) is 6.61. The van der Waals surface area contributed by atoms with E-state index in [-0.39, 0.29) is 27.3 Å². The second-order valence-electron chi connectivity index (χ2n) is 3.68. The predicted molar refractivity (Wildman–Crippen MR) is 80.8 cm³/mol. The van der Waals surface area contributed by atoms with Crippen molar-refractivity contribution >= 4 is 56.5 Å². The van der Waals surface area contributed by atoms with Gasteiger partial charge in [-0.3, -0.25) is 0 Å². The molecule has 0 aliphatic heterocycles. The number of nitrogens with zero attached hydrogens (tertiary/aromatic N) is 1. The van der Waals surface area contributed by atoms with Gasteiger partial charge < -0.3 is 4.90 Å². The fraction of sp³-hybridized carbons (Fsp3) is 0.909. The van der Waals surface area contributed by atoms with E-state index in [1.807, 2.05) is 0 Å². The predicted octanol–water partition coefficient (Wildman–Crippen LogP) is 2.97. The van der Waals surface area contributed by atoms with Crippen LogP contribution in [0.1, 0.15) is 52.4 Å². The van der Waals surface area contributed by atoms with E-state index in [1.165, 1.54) is 38.5 Å². The first-order valence-corrected chi connectivity index (χ1v) is 6.55. The molecule has 0 unspecified atom stereocenters. The summed E-state index contributed by atoms with van der Waals surface area (Å²) in [5.41, 5.74) is 0. The Morgan fingerprint density at radius 3 is 1.67 bits per heavy atom. The Morgan fingerprint density at radius 2 is 1.40 bits per heavy atom. The van der Waals surface area contributed by atoms with Crippen LogP contribution in [0.3, 0.4) is 0 Å². The number of hydrogen-bond donors (Lipinski definition) is 1. The average Bonchev–Trinajstić information content (AvgIpc) is 2.15. The van der Waals surface area contributed by atoms with Crippen LogP contribution in [0.5, 0.6) is 0 Å². The maximum atomic E-state index is 5.11. The molecule has 0 saturated heterocycles. The molecule has 0 aliphatic rings. The first-order valence-electron chi connectivity index (χ1n) is 5.70. The van der Waals surface area contributed by atoms with Crippen molar-refractivity contribution in [2.24, 2.45) is 0 Å². The van der Waals surface area contributed by atoms with Crippen molar-refractivity contribution in [2.75, 3.05) is 13.1 Å². The van der Waals surface area contributed by atoms with E-state index in [0.29, 0.717) is 0 Å². The third-order valence-electron chi connectivity index (χ3n) is 2.33. The van der Waals surface area contributed by atoms with Crippen LogP contribution in [0, 0.1) is 0 Å². The molecule has 0 rings (SSSR count).